The molecule has 0 aliphatic carbocycles. The lowest BCUT2D eigenvalue weighted by Gasteiger charge is -2.10. The molecule has 0 amide bonds. The molecule has 0 radical (unpaired) electrons. The van der Waals surface area contributed by atoms with Crippen LogP contribution < -0.4 is 0 Å². The van der Waals surface area contributed by atoms with Crippen LogP contribution in [0.1, 0.15) is 53.4 Å². The van der Waals surface area contributed by atoms with Gasteiger partial charge < -0.3 is 9.47 Å². The summed E-state index contributed by atoms with van der Waals surface area (Å²) in [6.45, 7) is 7.27. The summed E-state index contributed by atoms with van der Waals surface area (Å²) < 4.78 is 9.89. The molecule has 1 unspecified atom stereocenters. The van der Waals surface area contributed by atoms with Crippen molar-refractivity contribution in [3.63, 3.8) is 0 Å². The van der Waals surface area contributed by atoms with E-state index in [-0.39, 0.29) is 18.0 Å². The molecule has 104 valence electrons. The molecule has 0 bridgehead atoms. The Morgan fingerprint density at radius 1 is 1.17 bits per heavy atom. The highest BCUT2D eigenvalue weighted by molar-refractivity contribution is 5.66. The van der Waals surface area contributed by atoms with E-state index >= 15 is 0 Å². The van der Waals surface area contributed by atoms with Gasteiger partial charge >= 0.3 is 11.9 Å². The van der Waals surface area contributed by atoms with Crippen LogP contribution in [0.3, 0.4) is 0 Å². The molecule has 0 heterocycles. The maximum Gasteiger partial charge on any atom is 0.302 e. The highest BCUT2D eigenvalue weighted by Crippen LogP contribution is 2.09. The van der Waals surface area contributed by atoms with Gasteiger partial charge in [-0.1, -0.05) is 11.6 Å². The zero-order valence-electron chi connectivity index (χ0n) is 11.8. The van der Waals surface area contributed by atoms with E-state index in [0.717, 1.165) is 25.7 Å². The summed E-state index contributed by atoms with van der Waals surface area (Å²) >= 11 is 0. The van der Waals surface area contributed by atoms with Gasteiger partial charge in [-0.3, -0.25) is 9.59 Å². The van der Waals surface area contributed by atoms with E-state index in [0.29, 0.717) is 6.61 Å². The first-order valence-electron chi connectivity index (χ1n) is 6.38. The van der Waals surface area contributed by atoms with Crippen molar-refractivity contribution in [1.82, 2.24) is 0 Å². The Morgan fingerprint density at radius 3 is 2.39 bits per heavy atom. The van der Waals surface area contributed by atoms with E-state index in [1.54, 1.807) is 0 Å². The normalized spacial score (nSPS) is 13.0. The molecule has 0 aliphatic rings. The first-order valence-corrected chi connectivity index (χ1v) is 6.38. The molecule has 0 fully saturated rings. The van der Waals surface area contributed by atoms with E-state index in [1.807, 2.05) is 6.92 Å². The Hall–Kier alpha value is -1.32. The third kappa shape index (κ3) is 11.2. The summed E-state index contributed by atoms with van der Waals surface area (Å²) in [5.41, 5.74) is 1.28. The van der Waals surface area contributed by atoms with Crippen molar-refractivity contribution in [3.05, 3.63) is 11.6 Å². The van der Waals surface area contributed by atoms with Crippen molar-refractivity contribution in [2.75, 3.05) is 6.61 Å². The highest BCUT2D eigenvalue weighted by Gasteiger charge is 2.03. The number of esters is 2. The minimum Gasteiger partial charge on any atom is -0.466 e. The largest absolute Gasteiger partial charge is 0.466 e. The third-order valence-electron chi connectivity index (χ3n) is 2.45. The second kappa shape index (κ2) is 9.68. The van der Waals surface area contributed by atoms with Gasteiger partial charge in [0.25, 0.3) is 0 Å². The molecule has 0 spiro atoms. The lowest BCUT2D eigenvalue weighted by atomic mass is 10.1. The lowest BCUT2D eigenvalue weighted by Crippen LogP contribution is -2.11. The van der Waals surface area contributed by atoms with Crippen molar-refractivity contribution in [2.45, 2.75) is 59.5 Å². The van der Waals surface area contributed by atoms with Gasteiger partial charge in [-0.05, 0) is 39.5 Å². The Bertz CT molecular complexity index is 294. The number of allylic oxidation sites excluding steroid dienone is 2. The van der Waals surface area contributed by atoms with Gasteiger partial charge in [0.15, 0.2) is 0 Å². The summed E-state index contributed by atoms with van der Waals surface area (Å²) in [7, 11) is 0. The van der Waals surface area contributed by atoms with Crippen LogP contribution in [0.25, 0.3) is 0 Å². The molecule has 0 N–H and O–H groups in total. The number of hydrogen-bond donors (Lipinski definition) is 0. The van der Waals surface area contributed by atoms with E-state index in [2.05, 4.69) is 13.0 Å². The zero-order valence-corrected chi connectivity index (χ0v) is 11.8. The van der Waals surface area contributed by atoms with Crippen LogP contribution in [-0.2, 0) is 19.1 Å². The van der Waals surface area contributed by atoms with Crippen LogP contribution in [0.4, 0.5) is 0 Å². The lowest BCUT2D eigenvalue weighted by molar-refractivity contribution is -0.145. The number of rotatable bonds is 8. The zero-order chi connectivity index (χ0) is 14.0. The topological polar surface area (TPSA) is 52.6 Å². The minimum absolute atomic E-state index is 0.0346. The van der Waals surface area contributed by atoms with Gasteiger partial charge in [0.05, 0.1) is 12.7 Å². The fourth-order valence-corrected chi connectivity index (χ4v) is 1.58. The molecular formula is C14H24O4. The predicted octanol–water partition coefficient (Wildman–Crippen LogP) is 3.01. The van der Waals surface area contributed by atoms with Crippen LogP contribution in [0.5, 0.6) is 0 Å². The summed E-state index contributed by atoms with van der Waals surface area (Å²) in [5, 5.41) is 0. The second-order valence-corrected chi connectivity index (χ2v) is 4.49. The first kappa shape index (κ1) is 16.7. The smallest absolute Gasteiger partial charge is 0.302 e. The highest BCUT2D eigenvalue weighted by atomic mass is 16.5. The molecular weight excluding hydrogens is 232 g/mol. The number of carbonyl (C=O) groups is 2. The van der Waals surface area contributed by atoms with Gasteiger partial charge in [0.2, 0.25) is 0 Å². The van der Waals surface area contributed by atoms with Crippen molar-refractivity contribution in [3.8, 4) is 0 Å². The van der Waals surface area contributed by atoms with Crippen molar-refractivity contribution < 1.29 is 19.1 Å². The fourth-order valence-electron chi connectivity index (χ4n) is 1.58. The standard InChI is InChI=1S/C14H24O4/c1-11(8-6-10-17-13(3)15)7-5-9-12(2)18-14(4)16/h7,12H,5-6,8-10H2,1-4H3/b11-7+. The van der Waals surface area contributed by atoms with E-state index in [4.69, 9.17) is 9.47 Å². The molecule has 1 atom stereocenters. The number of hydrogen-bond acceptors (Lipinski definition) is 4. The molecule has 4 nitrogen and oxygen atoms in total. The van der Waals surface area contributed by atoms with E-state index < -0.39 is 0 Å². The summed E-state index contributed by atoms with van der Waals surface area (Å²) in [4.78, 5) is 21.2. The Balaban J connectivity index is 3.64. The van der Waals surface area contributed by atoms with Crippen LogP contribution in [-0.4, -0.2) is 24.6 Å². The van der Waals surface area contributed by atoms with Crippen molar-refractivity contribution >= 4 is 11.9 Å². The van der Waals surface area contributed by atoms with Gasteiger partial charge in [-0.25, -0.2) is 0 Å². The third-order valence-corrected chi connectivity index (χ3v) is 2.45. The Kier molecular flexibility index (Phi) is 8.97. The first-order chi connectivity index (χ1) is 8.41. The summed E-state index contributed by atoms with van der Waals surface area (Å²) in [6, 6.07) is 0. The molecule has 0 aromatic carbocycles. The maximum absolute atomic E-state index is 10.7. The quantitative estimate of drug-likeness (QED) is 0.380. The summed E-state index contributed by atoms with van der Waals surface area (Å²) in [6.07, 6.45) is 5.62. The van der Waals surface area contributed by atoms with Crippen LogP contribution in [0.15, 0.2) is 11.6 Å². The van der Waals surface area contributed by atoms with Gasteiger partial charge in [-0.2, -0.15) is 0 Å². The Morgan fingerprint density at radius 2 is 1.83 bits per heavy atom. The van der Waals surface area contributed by atoms with E-state index in [9.17, 15) is 9.59 Å². The van der Waals surface area contributed by atoms with Crippen LogP contribution in [0.2, 0.25) is 0 Å². The monoisotopic (exact) mass is 256 g/mol. The van der Waals surface area contributed by atoms with Crippen molar-refractivity contribution in [1.29, 1.82) is 0 Å². The van der Waals surface area contributed by atoms with Gasteiger partial charge in [0.1, 0.15) is 0 Å². The van der Waals surface area contributed by atoms with Gasteiger partial charge in [-0.15, -0.1) is 0 Å². The average Bonchev–Trinajstić information content (AvgIpc) is 2.23. The number of ether oxygens (including phenoxy) is 2. The molecule has 0 aliphatic heterocycles. The molecule has 4 heteroatoms. The molecule has 0 saturated heterocycles. The predicted molar refractivity (Wildman–Crippen MR) is 70.1 cm³/mol. The fraction of sp³-hybridized carbons (Fsp3) is 0.714. The molecule has 0 saturated carbocycles. The molecule has 0 aromatic heterocycles. The number of carbonyl (C=O) groups excluding carboxylic acids is 2. The van der Waals surface area contributed by atoms with Crippen LogP contribution in [0, 0.1) is 0 Å². The average molecular weight is 256 g/mol. The summed E-state index contributed by atoms with van der Waals surface area (Å²) in [5.74, 6) is -0.462. The molecule has 0 aromatic rings. The van der Waals surface area contributed by atoms with E-state index in [1.165, 1.54) is 19.4 Å². The second-order valence-electron chi connectivity index (χ2n) is 4.49. The minimum atomic E-state index is -0.232. The molecule has 18 heavy (non-hydrogen) atoms. The maximum atomic E-state index is 10.7. The molecule has 0 rings (SSSR count). The SMILES string of the molecule is CC(=O)OCCC/C(C)=C/CCC(C)OC(C)=O. The van der Waals surface area contributed by atoms with Crippen LogP contribution >= 0.6 is 0 Å². The Labute approximate surface area is 109 Å². The van der Waals surface area contributed by atoms with Crippen molar-refractivity contribution in [2.24, 2.45) is 0 Å². The van der Waals surface area contributed by atoms with Gasteiger partial charge in [0, 0.05) is 13.8 Å².